The third-order valence-electron chi connectivity index (χ3n) is 4.75. The van der Waals surface area contributed by atoms with E-state index in [1.807, 2.05) is 0 Å². The molecule has 3 aromatic carbocycles. The number of carbonyl (C=O) groups excluding carboxylic acids is 2. The van der Waals surface area contributed by atoms with Crippen LogP contribution in [0.2, 0.25) is 0 Å². The quantitative estimate of drug-likeness (QED) is 0.365. The van der Waals surface area contributed by atoms with Gasteiger partial charge in [0.15, 0.2) is 0 Å². The fourth-order valence-corrected chi connectivity index (χ4v) is 3.21. The van der Waals surface area contributed by atoms with E-state index >= 15 is 0 Å². The first-order valence-corrected chi connectivity index (χ1v) is 9.08. The molecular weight excluding hydrogens is 404 g/mol. The smallest absolute Gasteiger partial charge is 0.335 e. The van der Waals surface area contributed by atoms with Crippen LogP contribution in [0.15, 0.2) is 66.7 Å². The molecule has 9 heteroatoms. The van der Waals surface area contributed by atoms with Crippen molar-refractivity contribution in [3.63, 3.8) is 0 Å². The summed E-state index contributed by atoms with van der Waals surface area (Å²) in [6, 6.07) is 15.9. The predicted molar refractivity (Wildman–Crippen MR) is 107 cm³/mol. The summed E-state index contributed by atoms with van der Waals surface area (Å²) >= 11 is 0. The molecule has 0 spiro atoms. The van der Waals surface area contributed by atoms with Gasteiger partial charge in [0.1, 0.15) is 11.5 Å². The molecule has 0 radical (unpaired) electrons. The summed E-state index contributed by atoms with van der Waals surface area (Å²) in [5, 5.41) is 19.9. The van der Waals surface area contributed by atoms with Crippen LogP contribution < -0.4 is 4.74 Å². The Morgan fingerprint density at radius 2 is 1.61 bits per heavy atom. The average molecular weight is 418 g/mol. The Morgan fingerprint density at radius 3 is 2.29 bits per heavy atom. The molecule has 0 unspecified atom stereocenters. The minimum atomic E-state index is -1.07. The Balaban J connectivity index is 1.55. The highest BCUT2D eigenvalue weighted by atomic mass is 16.6. The second-order valence-electron chi connectivity index (χ2n) is 6.76. The van der Waals surface area contributed by atoms with Gasteiger partial charge in [0.2, 0.25) is 0 Å². The van der Waals surface area contributed by atoms with Gasteiger partial charge in [0.25, 0.3) is 17.5 Å². The Hall–Kier alpha value is -4.53. The molecule has 0 aliphatic carbocycles. The summed E-state index contributed by atoms with van der Waals surface area (Å²) in [6.07, 6.45) is 0. The number of nitro benzene ring substituents is 1. The van der Waals surface area contributed by atoms with E-state index < -0.39 is 22.7 Å². The van der Waals surface area contributed by atoms with Gasteiger partial charge in [-0.1, -0.05) is 18.2 Å². The number of rotatable bonds is 6. The van der Waals surface area contributed by atoms with Crippen LogP contribution in [0.1, 0.15) is 36.6 Å². The Morgan fingerprint density at radius 1 is 0.935 bits per heavy atom. The van der Waals surface area contributed by atoms with Gasteiger partial charge in [-0.3, -0.25) is 24.6 Å². The molecule has 0 saturated carbocycles. The highest BCUT2D eigenvalue weighted by Crippen LogP contribution is 2.31. The lowest BCUT2D eigenvalue weighted by Crippen LogP contribution is -2.29. The van der Waals surface area contributed by atoms with E-state index in [-0.39, 0.29) is 40.4 Å². The van der Waals surface area contributed by atoms with Crippen molar-refractivity contribution in [1.82, 2.24) is 4.90 Å². The number of carbonyl (C=O) groups is 3. The fraction of sp³-hybridized carbons (Fsp3) is 0.0455. The molecule has 0 bridgehead atoms. The summed E-state index contributed by atoms with van der Waals surface area (Å²) in [4.78, 5) is 47.9. The maximum absolute atomic E-state index is 12.8. The van der Waals surface area contributed by atoms with Crippen molar-refractivity contribution in [2.75, 3.05) is 0 Å². The minimum absolute atomic E-state index is 0.00663. The highest BCUT2D eigenvalue weighted by molar-refractivity contribution is 6.21. The normalized spacial score (nSPS) is 12.6. The van der Waals surface area contributed by atoms with E-state index in [4.69, 9.17) is 9.84 Å². The van der Waals surface area contributed by atoms with Gasteiger partial charge >= 0.3 is 5.97 Å². The molecule has 1 aliphatic heterocycles. The zero-order valence-corrected chi connectivity index (χ0v) is 15.8. The second kappa shape index (κ2) is 7.71. The number of carboxylic acids is 1. The van der Waals surface area contributed by atoms with Crippen LogP contribution in [0.25, 0.3) is 0 Å². The van der Waals surface area contributed by atoms with E-state index in [1.54, 1.807) is 18.2 Å². The molecule has 1 aliphatic rings. The van der Waals surface area contributed by atoms with Gasteiger partial charge in [0, 0.05) is 6.07 Å². The van der Waals surface area contributed by atoms with Gasteiger partial charge in [-0.05, 0) is 42.0 Å². The Kier molecular flexibility index (Phi) is 4.92. The molecule has 4 rings (SSSR count). The van der Waals surface area contributed by atoms with Gasteiger partial charge in [0.05, 0.1) is 34.2 Å². The second-order valence-corrected chi connectivity index (χ2v) is 6.76. The van der Waals surface area contributed by atoms with Gasteiger partial charge in [-0.2, -0.15) is 0 Å². The summed E-state index contributed by atoms with van der Waals surface area (Å²) in [5.41, 5.74) is 0.959. The number of amides is 2. The van der Waals surface area contributed by atoms with Crippen molar-refractivity contribution in [3.8, 4) is 11.5 Å². The Labute approximate surface area is 175 Å². The maximum Gasteiger partial charge on any atom is 0.335 e. The number of carboxylic acid groups (broad SMARTS) is 1. The van der Waals surface area contributed by atoms with E-state index in [2.05, 4.69) is 0 Å². The third kappa shape index (κ3) is 3.84. The lowest BCUT2D eigenvalue weighted by atomic mass is 10.1. The van der Waals surface area contributed by atoms with Gasteiger partial charge in [-0.25, -0.2) is 4.79 Å². The standard InChI is InChI=1S/C22H14N2O7/c25-20-18-9-8-17(31-16-3-1-2-15(10-16)24(29)30)11-19(18)21(26)23(20)12-13-4-6-14(7-5-13)22(27)28/h1-11H,12H2,(H,27,28). The van der Waals surface area contributed by atoms with E-state index in [1.165, 1.54) is 48.5 Å². The molecular formula is C22H14N2O7. The van der Waals surface area contributed by atoms with Crippen molar-refractivity contribution in [2.24, 2.45) is 0 Å². The molecule has 0 atom stereocenters. The molecule has 0 aromatic heterocycles. The number of benzene rings is 3. The van der Waals surface area contributed by atoms with Crippen LogP contribution in [0.3, 0.4) is 0 Å². The number of aromatic carboxylic acids is 1. The molecule has 0 fully saturated rings. The first kappa shape index (κ1) is 19.8. The average Bonchev–Trinajstić information content (AvgIpc) is 2.99. The number of ether oxygens (including phenoxy) is 1. The maximum atomic E-state index is 12.8. The number of fused-ring (bicyclic) bond motifs is 1. The zero-order chi connectivity index (χ0) is 22.1. The molecule has 9 nitrogen and oxygen atoms in total. The predicted octanol–water partition coefficient (Wildman–Crippen LogP) is 3.88. The number of nitro groups is 1. The SMILES string of the molecule is O=C(O)c1ccc(CN2C(=O)c3ccc(Oc4cccc([N+](=O)[O-])c4)cc3C2=O)cc1. The number of hydrogen-bond donors (Lipinski definition) is 1. The molecule has 154 valence electrons. The Bertz CT molecular complexity index is 1230. The van der Waals surface area contributed by atoms with E-state index in [0.717, 1.165) is 4.90 Å². The topological polar surface area (TPSA) is 127 Å². The fourth-order valence-electron chi connectivity index (χ4n) is 3.21. The lowest BCUT2D eigenvalue weighted by molar-refractivity contribution is -0.384. The number of hydrogen-bond acceptors (Lipinski definition) is 6. The molecule has 0 saturated heterocycles. The summed E-state index contributed by atoms with van der Waals surface area (Å²) in [6.45, 7) is -0.00663. The number of non-ortho nitro benzene ring substituents is 1. The van der Waals surface area contributed by atoms with Crippen LogP contribution in [0.5, 0.6) is 11.5 Å². The molecule has 31 heavy (non-hydrogen) atoms. The van der Waals surface area contributed by atoms with E-state index in [0.29, 0.717) is 5.56 Å². The van der Waals surface area contributed by atoms with Crippen LogP contribution >= 0.6 is 0 Å². The summed E-state index contributed by atoms with van der Waals surface area (Å²) in [5.74, 6) is -1.56. The lowest BCUT2D eigenvalue weighted by Gasteiger charge is -2.13. The van der Waals surface area contributed by atoms with Gasteiger partial charge < -0.3 is 9.84 Å². The van der Waals surface area contributed by atoms with Crippen LogP contribution in [-0.4, -0.2) is 32.7 Å². The number of nitrogens with zero attached hydrogens (tertiary/aromatic N) is 2. The first-order valence-electron chi connectivity index (χ1n) is 9.08. The van der Waals surface area contributed by atoms with Crippen molar-refractivity contribution in [1.29, 1.82) is 0 Å². The molecule has 2 amide bonds. The number of imide groups is 1. The minimum Gasteiger partial charge on any atom is -0.478 e. The summed E-state index contributed by atoms with van der Waals surface area (Å²) in [7, 11) is 0. The third-order valence-corrected chi connectivity index (χ3v) is 4.75. The van der Waals surface area contributed by atoms with Gasteiger partial charge in [-0.15, -0.1) is 0 Å². The molecule has 1 heterocycles. The monoisotopic (exact) mass is 418 g/mol. The molecule has 1 N–H and O–H groups in total. The largest absolute Gasteiger partial charge is 0.478 e. The van der Waals surface area contributed by atoms with Crippen LogP contribution in [0.4, 0.5) is 5.69 Å². The van der Waals surface area contributed by atoms with Crippen molar-refractivity contribution in [2.45, 2.75) is 6.54 Å². The van der Waals surface area contributed by atoms with Crippen LogP contribution in [-0.2, 0) is 6.54 Å². The van der Waals surface area contributed by atoms with Crippen LogP contribution in [0, 0.1) is 10.1 Å². The molecule has 3 aromatic rings. The first-order chi connectivity index (χ1) is 14.8. The van der Waals surface area contributed by atoms with Crippen molar-refractivity contribution < 1.29 is 29.2 Å². The van der Waals surface area contributed by atoms with Crippen molar-refractivity contribution in [3.05, 3.63) is 99.1 Å². The van der Waals surface area contributed by atoms with E-state index in [9.17, 15) is 24.5 Å². The van der Waals surface area contributed by atoms with Crippen molar-refractivity contribution >= 4 is 23.5 Å². The highest BCUT2D eigenvalue weighted by Gasteiger charge is 2.35. The summed E-state index contributed by atoms with van der Waals surface area (Å²) < 4.78 is 5.63. The zero-order valence-electron chi connectivity index (χ0n) is 15.8.